The molecule has 1 amide bonds. The summed E-state index contributed by atoms with van der Waals surface area (Å²) >= 11 is 0. The van der Waals surface area contributed by atoms with E-state index in [4.69, 9.17) is 9.52 Å². The van der Waals surface area contributed by atoms with Crippen molar-refractivity contribution in [2.24, 2.45) is 7.05 Å². The zero-order valence-corrected chi connectivity index (χ0v) is 15.3. The van der Waals surface area contributed by atoms with E-state index < -0.39 is 5.97 Å². The number of amides is 1. The highest BCUT2D eigenvalue weighted by molar-refractivity contribution is 6.06. The van der Waals surface area contributed by atoms with Gasteiger partial charge in [-0.2, -0.15) is 5.10 Å². The molecule has 136 valence electrons. The Hall–Kier alpha value is -3.16. The molecule has 8 heteroatoms. The molecule has 3 aromatic heterocycles. The fourth-order valence-electron chi connectivity index (χ4n) is 3.08. The number of carbonyl (C=O) groups is 2. The van der Waals surface area contributed by atoms with E-state index in [0.29, 0.717) is 22.7 Å². The molecular formula is C18H20N4O4. The van der Waals surface area contributed by atoms with Crippen molar-refractivity contribution in [3.63, 3.8) is 0 Å². The normalized spacial score (nSPS) is 11.1. The first-order valence-electron chi connectivity index (χ1n) is 8.08. The monoisotopic (exact) mass is 356 g/mol. The Morgan fingerprint density at radius 1 is 1.23 bits per heavy atom. The highest BCUT2D eigenvalue weighted by atomic mass is 16.4. The number of aromatic carboxylic acids is 1. The summed E-state index contributed by atoms with van der Waals surface area (Å²) in [6.07, 6.45) is 0. The van der Waals surface area contributed by atoms with Gasteiger partial charge < -0.3 is 14.4 Å². The van der Waals surface area contributed by atoms with Crippen LogP contribution in [0.15, 0.2) is 16.5 Å². The van der Waals surface area contributed by atoms with E-state index in [1.807, 2.05) is 13.8 Å². The van der Waals surface area contributed by atoms with E-state index in [-0.39, 0.29) is 18.0 Å². The molecular weight excluding hydrogens is 336 g/mol. The standard InChI is InChI=1S/C18H20N4O4/c1-9-6-14(15-10(2)20-22(5)16(15)19-9)17(23)21(4)8-12-7-13(18(24)25)11(3)26-12/h6-7H,8H2,1-5H3,(H,24,25). The highest BCUT2D eigenvalue weighted by Crippen LogP contribution is 2.24. The summed E-state index contributed by atoms with van der Waals surface area (Å²) in [4.78, 5) is 30.1. The van der Waals surface area contributed by atoms with Gasteiger partial charge in [-0.05, 0) is 32.9 Å². The number of furan rings is 1. The van der Waals surface area contributed by atoms with Gasteiger partial charge in [0.25, 0.3) is 5.91 Å². The van der Waals surface area contributed by atoms with Crippen LogP contribution in [-0.2, 0) is 13.6 Å². The van der Waals surface area contributed by atoms with Crippen molar-refractivity contribution in [2.45, 2.75) is 27.3 Å². The number of aryl methyl sites for hydroxylation is 4. The lowest BCUT2D eigenvalue weighted by atomic mass is 10.1. The molecule has 0 saturated heterocycles. The van der Waals surface area contributed by atoms with Gasteiger partial charge in [-0.15, -0.1) is 0 Å². The second-order valence-corrected chi connectivity index (χ2v) is 6.37. The lowest BCUT2D eigenvalue weighted by Gasteiger charge is -2.17. The van der Waals surface area contributed by atoms with Gasteiger partial charge in [0, 0.05) is 19.8 Å². The molecule has 3 aromatic rings. The van der Waals surface area contributed by atoms with Crippen molar-refractivity contribution in [1.29, 1.82) is 0 Å². The van der Waals surface area contributed by atoms with Gasteiger partial charge in [0.15, 0.2) is 5.65 Å². The van der Waals surface area contributed by atoms with Gasteiger partial charge in [0.2, 0.25) is 0 Å². The fourth-order valence-corrected chi connectivity index (χ4v) is 3.08. The summed E-state index contributed by atoms with van der Waals surface area (Å²) in [5.41, 5.74) is 2.72. The molecule has 0 aliphatic heterocycles. The second-order valence-electron chi connectivity index (χ2n) is 6.37. The van der Waals surface area contributed by atoms with Crippen LogP contribution in [0.25, 0.3) is 11.0 Å². The van der Waals surface area contributed by atoms with Gasteiger partial charge in [-0.3, -0.25) is 9.48 Å². The summed E-state index contributed by atoms with van der Waals surface area (Å²) in [6.45, 7) is 5.41. The van der Waals surface area contributed by atoms with Crippen molar-refractivity contribution < 1.29 is 19.1 Å². The fraction of sp³-hybridized carbons (Fsp3) is 0.333. The molecule has 0 bridgehead atoms. The van der Waals surface area contributed by atoms with Crippen LogP contribution in [0, 0.1) is 20.8 Å². The van der Waals surface area contributed by atoms with Crippen LogP contribution < -0.4 is 0 Å². The van der Waals surface area contributed by atoms with Crippen molar-refractivity contribution in [1.82, 2.24) is 19.7 Å². The number of carboxylic acid groups (broad SMARTS) is 1. The molecule has 0 spiro atoms. The Morgan fingerprint density at radius 3 is 2.54 bits per heavy atom. The average Bonchev–Trinajstić information content (AvgIpc) is 3.06. The van der Waals surface area contributed by atoms with E-state index in [0.717, 1.165) is 16.8 Å². The third kappa shape index (κ3) is 2.94. The van der Waals surface area contributed by atoms with E-state index in [2.05, 4.69) is 10.1 Å². The maximum absolute atomic E-state index is 13.0. The van der Waals surface area contributed by atoms with Crippen LogP contribution in [0.2, 0.25) is 0 Å². The van der Waals surface area contributed by atoms with Crippen molar-refractivity contribution in [3.8, 4) is 0 Å². The van der Waals surface area contributed by atoms with Crippen molar-refractivity contribution in [2.75, 3.05) is 7.05 Å². The third-order valence-electron chi connectivity index (χ3n) is 4.27. The third-order valence-corrected chi connectivity index (χ3v) is 4.27. The number of aromatic nitrogens is 3. The summed E-state index contributed by atoms with van der Waals surface area (Å²) < 4.78 is 7.12. The molecule has 0 aliphatic carbocycles. The molecule has 1 N–H and O–H groups in total. The molecule has 0 fully saturated rings. The van der Waals surface area contributed by atoms with Gasteiger partial charge in [-0.1, -0.05) is 0 Å². The van der Waals surface area contributed by atoms with E-state index in [1.165, 1.54) is 11.0 Å². The molecule has 0 aliphatic rings. The van der Waals surface area contributed by atoms with Crippen molar-refractivity contribution >= 4 is 22.9 Å². The topological polar surface area (TPSA) is 101 Å². The minimum absolute atomic E-state index is 0.103. The average molecular weight is 356 g/mol. The van der Waals surface area contributed by atoms with Crippen LogP contribution in [0.1, 0.15) is 43.6 Å². The molecule has 0 saturated carbocycles. The van der Waals surface area contributed by atoms with Crippen LogP contribution in [0.5, 0.6) is 0 Å². The van der Waals surface area contributed by atoms with Gasteiger partial charge in [0.1, 0.15) is 17.1 Å². The Balaban J connectivity index is 1.95. The summed E-state index contributed by atoms with van der Waals surface area (Å²) in [6, 6.07) is 3.19. The Bertz CT molecular complexity index is 1030. The smallest absolute Gasteiger partial charge is 0.339 e. The van der Waals surface area contributed by atoms with Crippen LogP contribution in [0.4, 0.5) is 0 Å². The Labute approximate surface area is 150 Å². The van der Waals surface area contributed by atoms with Crippen LogP contribution >= 0.6 is 0 Å². The van der Waals surface area contributed by atoms with Gasteiger partial charge in [-0.25, -0.2) is 9.78 Å². The first kappa shape index (κ1) is 17.7. The Kier molecular flexibility index (Phi) is 4.27. The largest absolute Gasteiger partial charge is 0.478 e. The number of hydrogen-bond acceptors (Lipinski definition) is 5. The lowest BCUT2D eigenvalue weighted by molar-refractivity contribution is 0.0694. The van der Waals surface area contributed by atoms with Crippen LogP contribution in [-0.4, -0.2) is 43.7 Å². The summed E-state index contributed by atoms with van der Waals surface area (Å²) in [5, 5.41) is 14.2. The molecule has 0 aromatic carbocycles. The highest BCUT2D eigenvalue weighted by Gasteiger charge is 2.22. The molecule has 0 atom stereocenters. The SMILES string of the molecule is Cc1cc(C(=O)N(C)Cc2cc(C(=O)O)c(C)o2)c2c(C)nn(C)c2n1. The molecule has 0 unspecified atom stereocenters. The number of carbonyl (C=O) groups excluding carboxylic acids is 1. The minimum Gasteiger partial charge on any atom is -0.478 e. The Morgan fingerprint density at radius 2 is 1.92 bits per heavy atom. The first-order valence-corrected chi connectivity index (χ1v) is 8.08. The molecule has 0 radical (unpaired) electrons. The predicted octanol–water partition coefficient (Wildman–Crippen LogP) is 2.46. The quantitative estimate of drug-likeness (QED) is 0.770. The minimum atomic E-state index is -1.05. The zero-order chi connectivity index (χ0) is 19.2. The first-order chi connectivity index (χ1) is 12.2. The van der Waals surface area contributed by atoms with Crippen LogP contribution in [0.3, 0.4) is 0 Å². The van der Waals surface area contributed by atoms with Crippen molar-refractivity contribution in [3.05, 3.63) is 46.2 Å². The maximum Gasteiger partial charge on any atom is 0.339 e. The lowest BCUT2D eigenvalue weighted by Crippen LogP contribution is -2.26. The number of rotatable bonds is 4. The molecule has 8 nitrogen and oxygen atoms in total. The predicted molar refractivity (Wildman–Crippen MR) is 94.2 cm³/mol. The van der Waals surface area contributed by atoms with Gasteiger partial charge in [0.05, 0.1) is 23.2 Å². The summed E-state index contributed by atoms with van der Waals surface area (Å²) in [5.74, 6) is -0.522. The number of hydrogen-bond donors (Lipinski definition) is 1. The number of fused-ring (bicyclic) bond motifs is 1. The summed E-state index contributed by atoms with van der Waals surface area (Å²) in [7, 11) is 3.44. The number of carboxylic acids is 1. The van der Waals surface area contributed by atoms with E-state index >= 15 is 0 Å². The maximum atomic E-state index is 13.0. The molecule has 26 heavy (non-hydrogen) atoms. The van der Waals surface area contributed by atoms with E-state index in [1.54, 1.807) is 31.8 Å². The second kappa shape index (κ2) is 6.29. The van der Waals surface area contributed by atoms with E-state index in [9.17, 15) is 9.59 Å². The van der Waals surface area contributed by atoms with Gasteiger partial charge >= 0.3 is 5.97 Å². The molecule has 3 heterocycles. The molecule has 3 rings (SSSR count). The zero-order valence-electron chi connectivity index (χ0n) is 15.3. The number of nitrogens with zero attached hydrogens (tertiary/aromatic N) is 4. The number of pyridine rings is 1.